The van der Waals surface area contributed by atoms with Gasteiger partial charge in [-0.3, -0.25) is 4.79 Å². The van der Waals surface area contributed by atoms with Gasteiger partial charge in [-0.1, -0.05) is 35.9 Å². The molecule has 0 saturated heterocycles. The van der Waals surface area contributed by atoms with Crippen LogP contribution in [-0.4, -0.2) is 27.4 Å². The molecule has 0 aromatic heterocycles. The molecule has 0 saturated carbocycles. The Morgan fingerprint density at radius 1 is 1.08 bits per heavy atom. The molecule has 5 nitrogen and oxygen atoms in total. The molecule has 128 valence electrons. The van der Waals surface area contributed by atoms with Gasteiger partial charge in [0.05, 0.1) is 15.5 Å². The van der Waals surface area contributed by atoms with Gasteiger partial charge in [-0.05, 0) is 43.2 Å². The van der Waals surface area contributed by atoms with Gasteiger partial charge in [-0.2, -0.15) is 0 Å². The predicted molar refractivity (Wildman–Crippen MR) is 94.9 cm³/mol. The van der Waals surface area contributed by atoms with Gasteiger partial charge in [0, 0.05) is 13.1 Å². The summed E-state index contributed by atoms with van der Waals surface area (Å²) in [5.41, 5.74) is 1.90. The van der Waals surface area contributed by atoms with Crippen molar-refractivity contribution in [3.8, 4) is 0 Å². The first-order chi connectivity index (χ1) is 11.3. The van der Waals surface area contributed by atoms with E-state index >= 15 is 0 Å². The normalized spacial score (nSPS) is 11.3. The first-order valence-corrected chi connectivity index (χ1v) is 9.27. The molecule has 24 heavy (non-hydrogen) atoms. The summed E-state index contributed by atoms with van der Waals surface area (Å²) < 4.78 is 27.1. The average molecular weight is 367 g/mol. The third-order valence-corrected chi connectivity index (χ3v) is 5.39. The lowest BCUT2D eigenvalue weighted by molar-refractivity contribution is 0.0954. The number of aryl methyl sites for hydroxylation is 2. The third-order valence-electron chi connectivity index (χ3n) is 3.45. The Balaban J connectivity index is 1.93. The van der Waals surface area contributed by atoms with E-state index < -0.39 is 10.0 Å². The van der Waals surface area contributed by atoms with E-state index in [0.29, 0.717) is 16.1 Å². The lowest BCUT2D eigenvalue weighted by Gasteiger charge is -2.11. The second kappa shape index (κ2) is 7.79. The molecule has 0 unspecified atom stereocenters. The van der Waals surface area contributed by atoms with Gasteiger partial charge in [0.15, 0.2) is 0 Å². The first kappa shape index (κ1) is 18.4. The molecule has 0 aliphatic carbocycles. The van der Waals surface area contributed by atoms with E-state index in [0.717, 1.165) is 5.56 Å². The second-order valence-corrected chi connectivity index (χ2v) is 7.55. The van der Waals surface area contributed by atoms with Crippen LogP contribution in [0.25, 0.3) is 0 Å². The van der Waals surface area contributed by atoms with E-state index in [9.17, 15) is 13.2 Å². The zero-order valence-corrected chi connectivity index (χ0v) is 15.0. The van der Waals surface area contributed by atoms with Crippen molar-refractivity contribution < 1.29 is 13.2 Å². The van der Waals surface area contributed by atoms with Crippen LogP contribution >= 0.6 is 11.6 Å². The van der Waals surface area contributed by atoms with Crippen LogP contribution in [0.15, 0.2) is 47.4 Å². The molecule has 0 bridgehead atoms. The maximum absolute atomic E-state index is 12.3. The van der Waals surface area contributed by atoms with E-state index in [4.69, 9.17) is 11.6 Å². The molecule has 2 aromatic carbocycles. The number of benzene rings is 2. The average Bonchev–Trinajstić information content (AvgIpc) is 2.54. The molecule has 2 N–H and O–H groups in total. The number of hydrogen-bond donors (Lipinski definition) is 2. The van der Waals surface area contributed by atoms with Crippen LogP contribution in [-0.2, 0) is 10.0 Å². The molecule has 0 spiro atoms. The summed E-state index contributed by atoms with van der Waals surface area (Å²) in [4.78, 5) is 12.2. The highest BCUT2D eigenvalue weighted by Gasteiger charge is 2.16. The second-order valence-electron chi connectivity index (χ2n) is 5.40. The molecule has 0 radical (unpaired) electrons. The number of sulfonamides is 1. The maximum atomic E-state index is 12.3. The van der Waals surface area contributed by atoms with Gasteiger partial charge in [0.2, 0.25) is 10.0 Å². The Labute approximate surface area is 147 Å². The predicted octanol–water partition coefficient (Wildman–Crippen LogP) is 2.67. The van der Waals surface area contributed by atoms with Crippen LogP contribution in [0.2, 0.25) is 5.02 Å². The monoisotopic (exact) mass is 366 g/mol. The summed E-state index contributed by atoms with van der Waals surface area (Å²) in [7, 11) is -3.61. The standard InChI is InChI=1S/C17H19ClN2O3S/c1-12-7-8-13(2)16(11-12)24(22,23)20-10-9-19-17(21)14-5-3-4-6-15(14)18/h3-8,11,20H,9-10H2,1-2H3,(H,19,21). The fraction of sp³-hybridized carbons (Fsp3) is 0.235. The van der Waals surface area contributed by atoms with Crippen LogP contribution in [0.4, 0.5) is 0 Å². The van der Waals surface area contributed by atoms with Crippen LogP contribution in [0.1, 0.15) is 21.5 Å². The molecule has 7 heteroatoms. The van der Waals surface area contributed by atoms with E-state index in [-0.39, 0.29) is 23.9 Å². The summed E-state index contributed by atoms with van der Waals surface area (Å²) in [6.45, 7) is 3.83. The van der Waals surface area contributed by atoms with Crippen LogP contribution in [0, 0.1) is 13.8 Å². The van der Waals surface area contributed by atoms with Crippen molar-refractivity contribution in [3.05, 3.63) is 64.2 Å². The molecular weight excluding hydrogens is 348 g/mol. The molecule has 2 aromatic rings. The molecule has 1 amide bonds. The number of rotatable bonds is 6. The van der Waals surface area contributed by atoms with E-state index in [1.807, 2.05) is 13.0 Å². The summed E-state index contributed by atoms with van der Waals surface area (Å²) >= 11 is 5.94. The van der Waals surface area contributed by atoms with Crippen LogP contribution in [0.5, 0.6) is 0 Å². The van der Waals surface area contributed by atoms with Crippen molar-refractivity contribution >= 4 is 27.5 Å². The fourth-order valence-corrected chi connectivity index (χ4v) is 3.76. The number of hydrogen-bond acceptors (Lipinski definition) is 3. The molecule has 0 atom stereocenters. The number of nitrogens with one attached hydrogen (secondary N) is 2. The van der Waals surface area contributed by atoms with Crippen molar-refractivity contribution in [3.63, 3.8) is 0 Å². The number of carbonyl (C=O) groups is 1. The van der Waals surface area contributed by atoms with E-state index in [1.165, 1.54) is 0 Å². The highest BCUT2D eigenvalue weighted by atomic mass is 35.5. The topological polar surface area (TPSA) is 75.3 Å². The quantitative estimate of drug-likeness (QED) is 0.772. The molecule has 0 aliphatic heterocycles. The molecule has 0 fully saturated rings. The lowest BCUT2D eigenvalue weighted by atomic mass is 10.2. The highest BCUT2D eigenvalue weighted by Crippen LogP contribution is 2.16. The molecule has 0 aliphatic rings. The Morgan fingerprint density at radius 2 is 1.79 bits per heavy atom. The Hall–Kier alpha value is -1.89. The zero-order valence-electron chi connectivity index (χ0n) is 13.5. The van der Waals surface area contributed by atoms with Crippen molar-refractivity contribution in [2.45, 2.75) is 18.7 Å². The Kier molecular flexibility index (Phi) is 5.99. The highest BCUT2D eigenvalue weighted by molar-refractivity contribution is 7.89. The zero-order chi connectivity index (χ0) is 17.7. The van der Waals surface area contributed by atoms with E-state index in [1.54, 1.807) is 43.3 Å². The van der Waals surface area contributed by atoms with Crippen molar-refractivity contribution in [2.24, 2.45) is 0 Å². The van der Waals surface area contributed by atoms with Gasteiger partial charge >= 0.3 is 0 Å². The number of halogens is 1. The SMILES string of the molecule is Cc1ccc(C)c(S(=O)(=O)NCCNC(=O)c2ccccc2Cl)c1. The van der Waals surface area contributed by atoms with Crippen LogP contribution in [0.3, 0.4) is 0 Å². The number of carbonyl (C=O) groups excluding carboxylic acids is 1. The smallest absolute Gasteiger partial charge is 0.252 e. The van der Waals surface area contributed by atoms with Gasteiger partial charge in [-0.25, -0.2) is 13.1 Å². The summed E-state index contributed by atoms with van der Waals surface area (Å²) in [6, 6.07) is 11.9. The van der Waals surface area contributed by atoms with Crippen molar-refractivity contribution in [2.75, 3.05) is 13.1 Å². The minimum Gasteiger partial charge on any atom is -0.351 e. The molecule has 0 heterocycles. The summed E-state index contributed by atoms with van der Waals surface area (Å²) in [5, 5.41) is 2.99. The first-order valence-electron chi connectivity index (χ1n) is 7.41. The fourth-order valence-electron chi connectivity index (χ4n) is 2.18. The number of amides is 1. The Morgan fingerprint density at radius 3 is 2.50 bits per heavy atom. The molecule has 2 rings (SSSR count). The lowest BCUT2D eigenvalue weighted by Crippen LogP contribution is -2.35. The van der Waals surface area contributed by atoms with Crippen molar-refractivity contribution in [1.82, 2.24) is 10.0 Å². The minimum absolute atomic E-state index is 0.0892. The van der Waals surface area contributed by atoms with Gasteiger partial charge in [0.25, 0.3) is 5.91 Å². The van der Waals surface area contributed by atoms with E-state index in [2.05, 4.69) is 10.0 Å². The third kappa shape index (κ3) is 4.56. The largest absolute Gasteiger partial charge is 0.351 e. The Bertz CT molecular complexity index is 851. The van der Waals surface area contributed by atoms with Crippen LogP contribution < -0.4 is 10.0 Å². The van der Waals surface area contributed by atoms with Gasteiger partial charge in [-0.15, -0.1) is 0 Å². The van der Waals surface area contributed by atoms with Gasteiger partial charge < -0.3 is 5.32 Å². The summed E-state index contributed by atoms with van der Waals surface area (Å²) in [6.07, 6.45) is 0. The maximum Gasteiger partial charge on any atom is 0.252 e. The minimum atomic E-state index is -3.61. The van der Waals surface area contributed by atoms with Gasteiger partial charge in [0.1, 0.15) is 0 Å². The summed E-state index contributed by atoms with van der Waals surface area (Å²) in [5.74, 6) is -0.341. The molecular formula is C17H19ClN2O3S. The van der Waals surface area contributed by atoms with Crippen molar-refractivity contribution in [1.29, 1.82) is 0 Å².